The van der Waals surface area contributed by atoms with Crippen molar-refractivity contribution in [3.8, 4) is 5.69 Å². The first-order valence-electron chi connectivity index (χ1n) is 5.66. The molecule has 0 atom stereocenters. The zero-order valence-electron chi connectivity index (χ0n) is 10.2. The molecule has 0 aliphatic rings. The maximum atomic E-state index is 10.8. The quantitative estimate of drug-likeness (QED) is 0.591. The summed E-state index contributed by atoms with van der Waals surface area (Å²) in [6.45, 7) is 0. The molecule has 0 spiro atoms. The summed E-state index contributed by atoms with van der Waals surface area (Å²) in [7, 11) is 0. The molecule has 2 aromatic heterocycles. The summed E-state index contributed by atoms with van der Waals surface area (Å²) < 4.78 is 2.59. The third kappa shape index (κ3) is 1.86. The lowest BCUT2D eigenvalue weighted by atomic mass is 10.3. The molecule has 0 aliphatic heterocycles. The molecule has 0 saturated heterocycles. The van der Waals surface area contributed by atoms with Crippen LogP contribution in [0.4, 0.5) is 4.79 Å². The van der Waals surface area contributed by atoms with E-state index in [1.807, 2.05) is 30.3 Å². The Hall–Kier alpha value is -3.23. The van der Waals surface area contributed by atoms with E-state index < -0.39 is 6.03 Å². The summed E-state index contributed by atoms with van der Waals surface area (Å²) >= 11 is 0. The molecule has 9 heteroatoms. The summed E-state index contributed by atoms with van der Waals surface area (Å²) in [5.41, 5.74) is 8.65. The highest BCUT2D eigenvalue weighted by Crippen LogP contribution is 2.10. The van der Waals surface area contributed by atoms with E-state index >= 15 is 0 Å². The van der Waals surface area contributed by atoms with Gasteiger partial charge in [-0.2, -0.15) is 4.68 Å². The summed E-state index contributed by atoms with van der Waals surface area (Å²) in [6.07, 6.45) is 1.28. The Morgan fingerprint density at radius 2 is 2.05 bits per heavy atom. The molecular weight excluding hydrogens is 260 g/mol. The van der Waals surface area contributed by atoms with E-state index in [-0.39, 0.29) is 11.0 Å². The molecule has 20 heavy (non-hydrogen) atoms. The zero-order chi connectivity index (χ0) is 14.1. The highest BCUT2D eigenvalue weighted by atomic mass is 16.2. The van der Waals surface area contributed by atoms with Crippen molar-refractivity contribution in [2.75, 3.05) is 5.43 Å². The second kappa shape index (κ2) is 4.46. The fourth-order valence-corrected chi connectivity index (χ4v) is 1.78. The Balaban J connectivity index is 2.18. The number of hydrogen-bond donors (Lipinski definition) is 3. The van der Waals surface area contributed by atoms with Gasteiger partial charge < -0.3 is 5.73 Å². The number of aromatic nitrogens is 5. The van der Waals surface area contributed by atoms with Gasteiger partial charge in [0.05, 0.1) is 5.69 Å². The minimum Gasteiger partial charge on any atom is -0.350 e. The number of fused-ring (bicyclic) bond motifs is 1. The number of nitrogens with zero attached hydrogens (tertiary/aromatic N) is 5. The van der Waals surface area contributed by atoms with Gasteiger partial charge in [0, 0.05) is 0 Å². The molecule has 0 saturated carbocycles. The average Bonchev–Trinajstić information content (AvgIpc) is 2.87. The van der Waals surface area contributed by atoms with Gasteiger partial charge in [-0.1, -0.05) is 23.4 Å². The van der Waals surface area contributed by atoms with Crippen LogP contribution in [0.3, 0.4) is 0 Å². The first-order chi connectivity index (χ1) is 9.66. The number of benzene rings is 1. The van der Waals surface area contributed by atoms with E-state index in [2.05, 4.69) is 20.7 Å². The number of nitrogens with one attached hydrogen (secondary N) is 2. The third-order valence-electron chi connectivity index (χ3n) is 2.64. The molecule has 0 unspecified atom stereocenters. The van der Waals surface area contributed by atoms with Gasteiger partial charge in [0.25, 0.3) is 0 Å². The minimum atomic E-state index is -0.792. The molecule has 4 N–H and O–H groups in total. The van der Waals surface area contributed by atoms with Crippen LogP contribution < -0.4 is 16.6 Å². The highest BCUT2D eigenvalue weighted by molar-refractivity contribution is 5.80. The van der Waals surface area contributed by atoms with Crippen LogP contribution >= 0.6 is 0 Å². The van der Waals surface area contributed by atoms with Crippen molar-refractivity contribution < 1.29 is 4.79 Å². The monoisotopic (exact) mass is 270 g/mol. The van der Waals surface area contributed by atoms with Crippen molar-refractivity contribution in [3.05, 3.63) is 42.1 Å². The van der Waals surface area contributed by atoms with Gasteiger partial charge in [-0.15, -0.1) is 5.10 Å². The zero-order valence-corrected chi connectivity index (χ0v) is 10.2. The summed E-state index contributed by atoms with van der Waals surface area (Å²) in [6, 6.07) is 8.52. The molecule has 2 heterocycles. The molecule has 9 nitrogen and oxygen atoms in total. The second-order valence-corrected chi connectivity index (χ2v) is 3.95. The van der Waals surface area contributed by atoms with Gasteiger partial charge in [-0.25, -0.2) is 19.9 Å². The number of hydrogen-bond acceptors (Lipinski definition) is 5. The number of urea groups is 1. The number of amides is 2. The molecule has 0 radical (unpaired) electrons. The molecule has 3 aromatic rings. The van der Waals surface area contributed by atoms with E-state index in [9.17, 15) is 4.79 Å². The minimum absolute atomic E-state index is 0.0593. The van der Waals surface area contributed by atoms with E-state index in [0.717, 1.165) is 10.4 Å². The topological polar surface area (TPSA) is 128 Å². The predicted molar refractivity (Wildman–Crippen MR) is 69.4 cm³/mol. The van der Waals surface area contributed by atoms with Gasteiger partial charge in [0.2, 0.25) is 0 Å². The summed E-state index contributed by atoms with van der Waals surface area (Å²) in [5.74, 6) is 0. The van der Waals surface area contributed by atoms with Gasteiger partial charge >= 0.3 is 6.03 Å². The molecular formula is C11H10N8O. The maximum Gasteiger partial charge on any atom is 0.331 e. The summed E-state index contributed by atoms with van der Waals surface area (Å²) in [5, 5.41) is 15.8. The van der Waals surface area contributed by atoms with Crippen LogP contribution in [0.5, 0.6) is 0 Å². The van der Waals surface area contributed by atoms with Crippen molar-refractivity contribution in [2.24, 2.45) is 5.73 Å². The number of rotatable bonds is 2. The van der Waals surface area contributed by atoms with Gasteiger partial charge in [-0.05, 0) is 12.1 Å². The van der Waals surface area contributed by atoms with Crippen LogP contribution in [-0.2, 0) is 0 Å². The fraction of sp³-hybridized carbons (Fsp3) is 0. The first-order valence-corrected chi connectivity index (χ1v) is 5.66. The van der Waals surface area contributed by atoms with Crippen LogP contribution in [0, 0.1) is 5.41 Å². The largest absolute Gasteiger partial charge is 0.350 e. The maximum absolute atomic E-state index is 10.8. The SMILES string of the molecule is N=c1c2nnn(-c3ccccc3)c2ncn1NC(N)=O. The Kier molecular flexibility index (Phi) is 2.64. The third-order valence-corrected chi connectivity index (χ3v) is 2.64. The smallest absolute Gasteiger partial charge is 0.331 e. The first kappa shape index (κ1) is 11.8. The number of nitrogens with two attached hydrogens (primary N) is 1. The lowest BCUT2D eigenvalue weighted by Gasteiger charge is -2.05. The van der Waals surface area contributed by atoms with Crippen molar-refractivity contribution in [2.45, 2.75) is 0 Å². The number of primary amides is 1. The van der Waals surface area contributed by atoms with Crippen LogP contribution in [0.1, 0.15) is 0 Å². The van der Waals surface area contributed by atoms with E-state index in [1.54, 1.807) is 0 Å². The lowest BCUT2D eigenvalue weighted by Crippen LogP contribution is -2.36. The van der Waals surface area contributed by atoms with Crippen molar-refractivity contribution in [3.63, 3.8) is 0 Å². The lowest BCUT2D eigenvalue weighted by molar-refractivity contribution is 0.256. The Morgan fingerprint density at radius 1 is 1.30 bits per heavy atom. The Morgan fingerprint density at radius 3 is 2.75 bits per heavy atom. The standard InChI is InChI=1S/C11H10N8O/c12-9-8-10(14-6-18(9)16-11(13)20)19(17-15-8)7-4-2-1-3-5-7/h1-6,12H,(H3,13,16,20). The molecule has 0 fully saturated rings. The number of carbonyl (C=O) groups is 1. The fourth-order valence-electron chi connectivity index (χ4n) is 1.78. The number of para-hydroxylation sites is 1. The number of carbonyl (C=O) groups excluding carboxylic acids is 1. The molecule has 0 aliphatic carbocycles. The Bertz CT molecular complexity index is 835. The van der Waals surface area contributed by atoms with Gasteiger partial charge in [0.1, 0.15) is 6.33 Å². The summed E-state index contributed by atoms with van der Waals surface area (Å²) in [4.78, 5) is 15.0. The van der Waals surface area contributed by atoms with Gasteiger partial charge in [-0.3, -0.25) is 5.41 Å². The molecule has 100 valence electrons. The van der Waals surface area contributed by atoms with Crippen molar-refractivity contribution >= 4 is 17.2 Å². The second-order valence-electron chi connectivity index (χ2n) is 3.95. The van der Waals surface area contributed by atoms with Crippen molar-refractivity contribution in [1.82, 2.24) is 24.7 Å². The molecule has 1 aromatic carbocycles. The van der Waals surface area contributed by atoms with E-state index in [0.29, 0.717) is 5.65 Å². The van der Waals surface area contributed by atoms with Crippen molar-refractivity contribution in [1.29, 1.82) is 5.41 Å². The highest BCUT2D eigenvalue weighted by Gasteiger charge is 2.11. The van der Waals surface area contributed by atoms with Crippen LogP contribution in [0.25, 0.3) is 16.9 Å². The molecule has 0 bridgehead atoms. The normalized spacial score (nSPS) is 10.6. The average molecular weight is 270 g/mol. The predicted octanol–water partition coefficient (Wildman–Crippen LogP) is -0.281. The Labute approximate surface area is 112 Å². The van der Waals surface area contributed by atoms with E-state index in [1.165, 1.54) is 11.0 Å². The van der Waals surface area contributed by atoms with E-state index in [4.69, 9.17) is 11.1 Å². The van der Waals surface area contributed by atoms with Gasteiger partial charge in [0.15, 0.2) is 16.7 Å². The van der Waals surface area contributed by atoms with Crippen LogP contribution in [0.2, 0.25) is 0 Å². The van der Waals surface area contributed by atoms with Crippen LogP contribution in [0.15, 0.2) is 36.7 Å². The van der Waals surface area contributed by atoms with Crippen LogP contribution in [-0.4, -0.2) is 30.7 Å². The molecule has 2 amide bonds. The molecule has 3 rings (SSSR count).